The van der Waals surface area contributed by atoms with Crippen LogP contribution in [0.5, 0.6) is 0 Å². The van der Waals surface area contributed by atoms with E-state index in [2.05, 4.69) is 26.7 Å². The van der Waals surface area contributed by atoms with Gasteiger partial charge in [0.15, 0.2) is 6.29 Å². The zero-order chi connectivity index (χ0) is 18.4. The monoisotopic (exact) mass is 446 g/mol. The molecule has 5 nitrogen and oxygen atoms in total. The van der Waals surface area contributed by atoms with E-state index in [1.165, 1.54) is 6.07 Å². The van der Waals surface area contributed by atoms with E-state index in [0.29, 0.717) is 30.5 Å². The molecular weight excluding hydrogens is 423 g/mol. The lowest BCUT2D eigenvalue weighted by molar-refractivity contribution is -0.203. The Morgan fingerprint density at radius 3 is 2.88 bits per heavy atom. The second kappa shape index (κ2) is 9.50. The average Bonchev–Trinajstić information content (AvgIpc) is 2.68. The first-order valence-electron chi connectivity index (χ1n) is 8.93. The Hall–Kier alpha value is -0.670. The summed E-state index contributed by atoms with van der Waals surface area (Å²) in [5.41, 5.74) is 2.70. The van der Waals surface area contributed by atoms with E-state index in [9.17, 15) is 9.18 Å². The third kappa shape index (κ3) is 5.19. The molecule has 1 unspecified atom stereocenters. The molecule has 2 aliphatic rings. The summed E-state index contributed by atoms with van der Waals surface area (Å²) in [4.78, 5) is 18.3. The molecular formula is C18H24BrFN2O3S. The van der Waals surface area contributed by atoms with Crippen LogP contribution in [0.4, 0.5) is 4.39 Å². The van der Waals surface area contributed by atoms with Gasteiger partial charge < -0.3 is 4.74 Å². The number of hydroxylamine groups is 1. The zero-order valence-corrected chi connectivity index (χ0v) is 17.0. The number of carbonyl (C=O) groups excluding carboxylic acids is 1. The van der Waals surface area contributed by atoms with E-state index in [1.54, 1.807) is 6.07 Å². The van der Waals surface area contributed by atoms with Crippen LogP contribution in [0.1, 0.15) is 37.7 Å². The lowest BCUT2D eigenvalue weighted by atomic mass is 9.91. The Balaban J connectivity index is 1.61. The third-order valence-corrected chi connectivity index (χ3v) is 6.45. The maximum absolute atomic E-state index is 13.7. The Bertz CT molecular complexity index is 622. The molecule has 2 saturated heterocycles. The number of thioether (sulfide) groups is 1. The molecule has 0 bridgehead atoms. The number of hydrogen-bond acceptors (Lipinski definition) is 5. The van der Waals surface area contributed by atoms with Crippen molar-refractivity contribution in [2.75, 3.05) is 18.1 Å². The standard InChI is InChI=1S/C18H24BrFN2O3S/c19-14-5-4-13(11-15(14)20)12-21-18(6-9-26-10-7-18)17(23)22-25-16-3-1-2-8-24-16/h4-5,11,16,21H,1-3,6-10,12H2,(H,22,23). The van der Waals surface area contributed by atoms with Gasteiger partial charge in [-0.05, 0) is 70.8 Å². The van der Waals surface area contributed by atoms with Crippen LogP contribution in [0.15, 0.2) is 22.7 Å². The summed E-state index contributed by atoms with van der Waals surface area (Å²) in [6.07, 6.45) is 3.89. The number of nitrogens with one attached hydrogen (secondary N) is 2. The molecule has 0 aromatic heterocycles. The van der Waals surface area contributed by atoms with E-state index in [4.69, 9.17) is 9.57 Å². The minimum absolute atomic E-state index is 0.176. The lowest BCUT2D eigenvalue weighted by Crippen LogP contribution is -2.59. The second-order valence-electron chi connectivity index (χ2n) is 6.64. The van der Waals surface area contributed by atoms with Crippen LogP contribution in [0.2, 0.25) is 0 Å². The van der Waals surface area contributed by atoms with Crippen LogP contribution in [0, 0.1) is 5.82 Å². The maximum Gasteiger partial charge on any atom is 0.263 e. The second-order valence-corrected chi connectivity index (χ2v) is 8.72. The largest absolute Gasteiger partial charge is 0.350 e. The van der Waals surface area contributed by atoms with Gasteiger partial charge in [0.05, 0.1) is 4.47 Å². The van der Waals surface area contributed by atoms with Crippen molar-refractivity contribution in [3.63, 3.8) is 0 Å². The van der Waals surface area contributed by atoms with Crippen LogP contribution in [0.25, 0.3) is 0 Å². The molecule has 1 atom stereocenters. The van der Waals surface area contributed by atoms with Gasteiger partial charge in [0, 0.05) is 19.6 Å². The number of hydrogen-bond donors (Lipinski definition) is 2. The van der Waals surface area contributed by atoms with Gasteiger partial charge in [0.2, 0.25) is 0 Å². The van der Waals surface area contributed by atoms with E-state index < -0.39 is 5.54 Å². The van der Waals surface area contributed by atoms with Crippen molar-refractivity contribution in [2.24, 2.45) is 0 Å². The van der Waals surface area contributed by atoms with Gasteiger partial charge in [-0.3, -0.25) is 10.1 Å². The number of amides is 1. The molecule has 0 radical (unpaired) electrons. The van der Waals surface area contributed by atoms with Gasteiger partial charge in [0.25, 0.3) is 5.91 Å². The highest BCUT2D eigenvalue weighted by Gasteiger charge is 2.40. The molecule has 1 aromatic rings. The molecule has 0 spiro atoms. The Morgan fingerprint density at radius 2 is 2.19 bits per heavy atom. The van der Waals surface area contributed by atoms with E-state index in [0.717, 1.165) is 36.3 Å². The fourth-order valence-corrected chi connectivity index (χ4v) is 4.58. The number of rotatable bonds is 6. The Kier molecular flexibility index (Phi) is 7.34. The molecule has 0 aliphatic carbocycles. The van der Waals surface area contributed by atoms with Crippen molar-refractivity contribution in [3.05, 3.63) is 34.1 Å². The van der Waals surface area contributed by atoms with Crippen molar-refractivity contribution in [3.8, 4) is 0 Å². The van der Waals surface area contributed by atoms with Crippen LogP contribution in [0.3, 0.4) is 0 Å². The topological polar surface area (TPSA) is 59.6 Å². The molecule has 3 rings (SSSR count). The Labute approximate surface area is 165 Å². The molecule has 2 N–H and O–H groups in total. The first-order chi connectivity index (χ1) is 12.6. The van der Waals surface area contributed by atoms with Crippen molar-refractivity contribution in [2.45, 2.75) is 50.5 Å². The van der Waals surface area contributed by atoms with Gasteiger partial charge in [-0.1, -0.05) is 6.07 Å². The number of halogens is 2. The molecule has 144 valence electrons. The highest BCUT2D eigenvalue weighted by Crippen LogP contribution is 2.28. The van der Waals surface area contributed by atoms with E-state index in [-0.39, 0.29) is 18.0 Å². The van der Waals surface area contributed by atoms with Crippen molar-refractivity contribution < 1.29 is 18.8 Å². The predicted octanol–water partition coefficient (Wildman–Crippen LogP) is 3.52. The molecule has 2 aliphatic heterocycles. The van der Waals surface area contributed by atoms with Gasteiger partial charge in [-0.2, -0.15) is 11.8 Å². The van der Waals surface area contributed by atoms with Gasteiger partial charge in [0.1, 0.15) is 11.4 Å². The number of ether oxygens (including phenoxy) is 1. The molecule has 26 heavy (non-hydrogen) atoms. The lowest BCUT2D eigenvalue weighted by Gasteiger charge is -2.37. The molecule has 2 fully saturated rings. The summed E-state index contributed by atoms with van der Waals surface area (Å²) in [6.45, 7) is 1.08. The molecule has 2 heterocycles. The van der Waals surface area contributed by atoms with Crippen LogP contribution >= 0.6 is 27.7 Å². The van der Waals surface area contributed by atoms with Gasteiger partial charge in [-0.15, -0.1) is 0 Å². The van der Waals surface area contributed by atoms with Crippen LogP contribution < -0.4 is 10.8 Å². The van der Waals surface area contributed by atoms with Gasteiger partial charge in [-0.25, -0.2) is 14.7 Å². The average molecular weight is 447 g/mol. The fourth-order valence-electron chi connectivity index (χ4n) is 3.15. The summed E-state index contributed by atoms with van der Waals surface area (Å²) in [6, 6.07) is 5.00. The summed E-state index contributed by atoms with van der Waals surface area (Å²) < 4.78 is 19.7. The molecule has 1 amide bonds. The minimum Gasteiger partial charge on any atom is -0.350 e. The molecule has 8 heteroatoms. The maximum atomic E-state index is 13.7. The third-order valence-electron chi connectivity index (χ3n) is 4.82. The van der Waals surface area contributed by atoms with Crippen LogP contribution in [-0.2, 0) is 20.9 Å². The number of carbonyl (C=O) groups is 1. The van der Waals surface area contributed by atoms with E-state index >= 15 is 0 Å². The SMILES string of the molecule is O=C(NOC1CCCCO1)C1(NCc2ccc(Br)c(F)c2)CCSCC1. The fraction of sp³-hybridized carbons (Fsp3) is 0.611. The highest BCUT2D eigenvalue weighted by atomic mass is 79.9. The first kappa shape index (κ1) is 20.1. The molecule has 0 saturated carbocycles. The number of benzene rings is 1. The zero-order valence-electron chi connectivity index (χ0n) is 14.6. The summed E-state index contributed by atoms with van der Waals surface area (Å²) in [5.74, 6) is 1.31. The predicted molar refractivity (Wildman–Crippen MR) is 103 cm³/mol. The summed E-state index contributed by atoms with van der Waals surface area (Å²) in [5, 5.41) is 3.36. The minimum atomic E-state index is -0.705. The van der Waals surface area contributed by atoms with Crippen molar-refractivity contribution in [1.29, 1.82) is 0 Å². The van der Waals surface area contributed by atoms with E-state index in [1.807, 2.05) is 17.8 Å². The quantitative estimate of drug-likeness (QED) is 0.654. The van der Waals surface area contributed by atoms with Crippen molar-refractivity contribution >= 4 is 33.6 Å². The first-order valence-corrected chi connectivity index (χ1v) is 10.9. The highest BCUT2D eigenvalue weighted by molar-refractivity contribution is 9.10. The van der Waals surface area contributed by atoms with Gasteiger partial charge >= 0.3 is 0 Å². The van der Waals surface area contributed by atoms with Crippen LogP contribution in [-0.4, -0.2) is 35.8 Å². The summed E-state index contributed by atoms with van der Waals surface area (Å²) >= 11 is 4.99. The van der Waals surface area contributed by atoms with Crippen molar-refractivity contribution in [1.82, 2.24) is 10.8 Å². The normalized spacial score (nSPS) is 22.8. The summed E-state index contributed by atoms with van der Waals surface area (Å²) in [7, 11) is 0. The smallest absolute Gasteiger partial charge is 0.263 e. The molecule has 1 aromatic carbocycles. The Morgan fingerprint density at radius 1 is 1.38 bits per heavy atom.